The van der Waals surface area contributed by atoms with Gasteiger partial charge in [-0.15, -0.1) is 11.3 Å². The molecule has 0 radical (unpaired) electrons. The van der Waals surface area contributed by atoms with E-state index in [9.17, 15) is 4.79 Å². The van der Waals surface area contributed by atoms with Gasteiger partial charge in [-0.3, -0.25) is 0 Å². The molecule has 2 aromatic heterocycles. The fourth-order valence-electron chi connectivity index (χ4n) is 2.67. The molecule has 2 aliphatic rings. The van der Waals surface area contributed by atoms with E-state index in [4.69, 9.17) is 10.1 Å². The first kappa shape index (κ1) is 14.1. The highest BCUT2D eigenvalue weighted by Crippen LogP contribution is 2.30. The van der Waals surface area contributed by atoms with Crippen molar-refractivity contribution in [2.45, 2.75) is 12.8 Å². The van der Waals surface area contributed by atoms with Crippen molar-refractivity contribution in [2.24, 2.45) is 0 Å². The Labute approximate surface area is 136 Å². The van der Waals surface area contributed by atoms with Crippen LogP contribution >= 0.6 is 11.3 Å². The molecular weight excluding hydrogens is 312 g/mol. The van der Waals surface area contributed by atoms with Gasteiger partial charge in [-0.1, -0.05) is 6.08 Å². The third-order valence-electron chi connectivity index (χ3n) is 3.99. The predicted octanol–water partition coefficient (Wildman–Crippen LogP) is 2.15. The molecule has 6 nitrogen and oxygen atoms in total. The fraction of sp³-hybridized carbons (Fsp3) is 0.250. The van der Waals surface area contributed by atoms with Crippen molar-refractivity contribution in [3.05, 3.63) is 52.6 Å². The van der Waals surface area contributed by atoms with Crippen molar-refractivity contribution < 1.29 is 9.90 Å². The second-order valence-electron chi connectivity index (χ2n) is 5.42. The summed E-state index contributed by atoms with van der Waals surface area (Å²) in [5.74, 6) is -1.07. The fourth-order valence-corrected chi connectivity index (χ4v) is 3.73. The zero-order valence-corrected chi connectivity index (χ0v) is 13.1. The van der Waals surface area contributed by atoms with Gasteiger partial charge in [0.25, 0.3) is 0 Å². The van der Waals surface area contributed by atoms with E-state index >= 15 is 0 Å². The molecule has 116 valence electrons. The largest absolute Gasteiger partial charge is 0.476 e. The van der Waals surface area contributed by atoms with Crippen LogP contribution in [0.5, 0.6) is 0 Å². The lowest BCUT2D eigenvalue weighted by molar-refractivity contribution is 0.0690. The highest BCUT2D eigenvalue weighted by Gasteiger charge is 2.21. The van der Waals surface area contributed by atoms with Crippen LogP contribution in [0.1, 0.15) is 21.1 Å². The lowest BCUT2D eigenvalue weighted by Gasteiger charge is -2.26. The number of aromatic nitrogens is 3. The standard InChI is InChI=1S/C16H14N4O2S/c21-16(22)13-9-17-12(8-18-13)15-19-11-4-6-20(10-2-1-3-10)7-5-14(11)23-15/h1-3,8-9H,4-7H2,(H,21,22). The van der Waals surface area contributed by atoms with E-state index in [1.807, 2.05) is 0 Å². The van der Waals surface area contributed by atoms with Gasteiger partial charge in [-0.25, -0.2) is 19.7 Å². The second-order valence-corrected chi connectivity index (χ2v) is 6.50. The van der Waals surface area contributed by atoms with Crippen molar-refractivity contribution in [3.8, 4) is 10.7 Å². The summed E-state index contributed by atoms with van der Waals surface area (Å²) >= 11 is 1.63. The Morgan fingerprint density at radius 1 is 1.22 bits per heavy atom. The smallest absolute Gasteiger partial charge is 0.356 e. The number of allylic oxidation sites excluding steroid dienone is 3. The van der Waals surface area contributed by atoms with Gasteiger partial charge in [0.1, 0.15) is 10.7 Å². The monoisotopic (exact) mass is 326 g/mol. The molecular formula is C16H14N4O2S. The zero-order chi connectivity index (χ0) is 15.8. The summed E-state index contributed by atoms with van der Waals surface area (Å²) in [5.41, 5.74) is 3.01. The number of nitrogens with zero attached hydrogens (tertiary/aromatic N) is 4. The summed E-state index contributed by atoms with van der Waals surface area (Å²) < 4.78 is 0. The van der Waals surface area contributed by atoms with Crippen LogP contribution in [0.3, 0.4) is 0 Å². The minimum Gasteiger partial charge on any atom is -0.476 e. The van der Waals surface area contributed by atoms with Gasteiger partial charge >= 0.3 is 5.97 Å². The van der Waals surface area contributed by atoms with Gasteiger partial charge in [0.2, 0.25) is 0 Å². The molecule has 0 atom stereocenters. The molecule has 1 N–H and O–H groups in total. The molecule has 0 unspecified atom stereocenters. The van der Waals surface area contributed by atoms with Crippen LogP contribution in [-0.2, 0) is 12.8 Å². The van der Waals surface area contributed by atoms with Gasteiger partial charge in [0.05, 0.1) is 18.1 Å². The van der Waals surface area contributed by atoms with Crippen LogP contribution in [0, 0.1) is 0 Å². The van der Waals surface area contributed by atoms with Gasteiger partial charge < -0.3 is 10.0 Å². The number of hydrogen-bond donors (Lipinski definition) is 1. The van der Waals surface area contributed by atoms with E-state index in [0.29, 0.717) is 5.69 Å². The Morgan fingerprint density at radius 2 is 2.04 bits per heavy atom. The molecule has 4 rings (SSSR count). The summed E-state index contributed by atoms with van der Waals surface area (Å²) in [5, 5.41) is 9.69. The van der Waals surface area contributed by atoms with E-state index in [0.717, 1.165) is 36.6 Å². The number of thiazole rings is 1. The Morgan fingerprint density at radius 3 is 2.70 bits per heavy atom. The molecule has 0 amide bonds. The van der Waals surface area contributed by atoms with Crippen molar-refractivity contribution >= 4 is 17.3 Å². The Hall–Kier alpha value is -2.54. The average Bonchev–Trinajstić information content (AvgIpc) is 2.82. The number of carbonyl (C=O) groups is 1. The quantitative estimate of drug-likeness (QED) is 0.931. The minimum absolute atomic E-state index is 0.0515. The Bertz CT molecular complexity index is 798. The maximum Gasteiger partial charge on any atom is 0.356 e. The third kappa shape index (κ3) is 2.63. The van der Waals surface area contributed by atoms with E-state index in [2.05, 4.69) is 33.1 Å². The number of carboxylic acid groups (broad SMARTS) is 1. The Kier molecular flexibility index (Phi) is 3.42. The van der Waals surface area contributed by atoms with Gasteiger partial charge in [0.15, 0.2) is 5.69 Å². The van der Waals surface area contributed by atoms with Crippen LogP contribution in [0.15, 0.2) is 36.3 Å². The summed E-state index contributed by atoms with van der Waals surface area (Å²) in [4.78, 5) is 27.3. The molecule has 0 saturated carbocycles. The lowest BCUT2D eigenvalue weighted by Crippen LogP contribution is -2.26. The molecule has 0 saturated heterocycles. The first-order valence-electron chi connectivity index (χ1n) is 7.38. The van der Waals surface area contributed by atoms with Crippen LogP contribution in [0.2, 0.25) is 0 Å². The van der Waals surface area contributed by atoms with Crippen LogP contribution in [0.4, 0.5) is 0 Å². The van der Waals surface area contributed by atoms with E-state index in [1.165, 1.54) is 23.0 Å². The molecule has 1 aliphatic carbocycles. The highest BCUT2D eigenvalue weighted by atomic mass is 32.1. The normalized spacial score (nSPS) is 16.3. The third-order valence-corrected chi connectivity index (χ3v) is 5.17. The molecule has 0 spiro atoms. The SMILES string of the molecule is O=C(O)c1cnc(-c2nc3c(s2)CCN(C2=CC=C2)CC3)cn1. The number of hydrogen-bond acceptors (Lipinski definition) is 6. The van der Waals surface area contributed by atoms with E-state index in [1.54, 1.807) is 11.3 Å². The first-order chi connectivity index (χ1) is 11.2. The van der Waals surface area contributed by atoms with Crippen molar-refractivity contribution in [3.63, 3.8) is 0 Å². The molecule has 2 aromatic rings. The van der Waals surface area contributed by atoms with E-state index < -0.39 is 5.97 Å². The number of aromatic carboxylic acids is 1. The maximum absolute atomic E-state index is 10.8. The van der Waals surface area contributed by atoms with E-state index in [-0.39, 0.29) is 5.69 Å². The number of fused-ring (bicyclic) bond motifs is 1. The van der Waals surface area contributed by atoms with Crippen LogP contribution in [0.25, 0.3) is 10.7 Å². The van der Waals surface area contributed by atoms with Crippen LogP contribution < -0.4 is 0 Å². The lowest BCUT2D eigenvalue weighted by atomic mass is 10.2. The molecule has 0 bridgehead atoms. The average molecular weight is 326 g/mol. The molecule has 0 fully saturated rings. The van der Waals surface area contributed by atoms with Crippen molar-refractivity contribution in [1.82, 2.24) is 19.9 Å². The maximum atomic E-state index is 10.8. The van der Waals surface area contributed by atoms with Crippen molar-refractivity contribution in [2.75, 3.05) is 13.1 Å². The number of carboxylic acids is 1. The molecule has 0 aromatic carbocycles. The Balaban J connectivity index is 1.54. The first-order valence-corrected chi connectivity index (χ1v) is 8.20. The summed E-state index contributed by atoms with van der Waals surface area (Å²) in [6.45, 7) is 1.96. The van der Waals surface area contributed by atoms with Gasteiger partial charge in [0, 0.05) is 36.5 Å². The molecule has 1 aliphatic heterocycles. The summed E-state index contributed by atoms with van der Waals surface area (Å²) in [6, 6.07) is 0. The highest BCUT2D eigenvalue weighted by molar-refractivity contribution is 7.15. The summed E-state index contributed by atoms with van der Waals surface area (Å²) in [7, 11) is 0. The van der Waals surface area contributed by atoms with Crippen molar-refractivity contribution in [1.29, 1.82) is 0 Å². The second kappa shape index (κ2) is 5.58. The topological polar surface area (TPSA) is 79.2 Å². The minimum atomic E-state index is -1.07. The number of rotatable bonds is 3. The summed E-state index contributed by atoms with van der Waals surface area (Å²) in [6.07, 6.45) is 11.0. The van der Waals surface area contributed by atoms with Gasteiger partial charge in [-0.05, 0) is 12.2 Å². The molecule has 3 heterocycles. The van der Waals surface area contributed by atoms with Crippen LogP contribution in [-0.4, -0.2) is 44.0 Å². The molecule has 23 heavy (non-hydrogen) atoms. The van der Waals surface area contributed by atoms with Gasteiger partial charge in [-0.2, -0.15) is 0 Å². The zero-order valence-electron chi connectivity index (χ0n) is 12.3. The predicted molar refractivity (Wildman–Crippen MR) is 86.3 cm³/mol. The molecule has 7 heteroatoms.